The zero-order valence-corrected chi connectivity index (χ0v) is 49.0. The van der Waals surface area contributed by atoms with Gasteiger partial charge in [0.15, 0.2) is 0 Å². The number of hydrogen-bond donors (Lipinski definition) is 0. The van der Waals surface area contributed by atoms with Gasteiger partial charge in [-0.1, -0.05) is 213 Å². The van der Waals surface area contributed by atoms with E-state index in [0.717, 1.165) is 12.8 Å². The van der Waals surface area contributed by atoms with Crippen molar-refractivity contribution in [1.29, 1.82) is 0 Å². The van der Waals surface area contributed by atoms with Crippen molar-refractivity contribution in [3.63, 3.8) is 0 Å². The second-order valence-electron chi connectivity index (χ2n) is 28.1. The third-order valence-electron chi connectivity index (χ3n) is 19.4. The topological polar surface area (TPSA) is 6.48 Å². The van der Waals surface area contributed by atoms with Crippen molar-refractivity contribution in [2.45, 2.75) is 168 Å². The van der Waals surface area contributed by atoms with E-state index in [0.29, 0.717) is 0 Å². The van der Waals surface area contributed by atoms with Crippen LogP contribution in [0.5, 0.6) is 0 Å². The Labute approximate surface area is 463 Å². The normalized spacial score (nSPS) is 17.5. The largest absolute Gasteiger partial charge is 0.311 e. The molecule has 4 aliphatic rings. The third kappa shape index (κ3) is 8.35. The van der Waals surface area contributed by atoms with E-state index in [4.69, 9.17) is 0 Å². The number of anilines is 6. The van der Waals surface area contributed by atoms with Crippen molar-refractivity contribution in [2.75, 3.05) is 9.80 Å². The van der Waals surface area contributed by atoms with E-state index in [1.165, 1.54) is 130 Å². The van der Waals surface area contributed by atoms with Crippen LogP contribution in [0.15, 0.2) is 164 Å². The molecule has 2 aliphatic heterocycles. The summed E-state index contributed by atoms with van der Waals surface area (Å²) >= 11 is 0. The van der Waals surface area contributed by atoms with Gasteiger partial charge in [-0.25, -0.2) is 0 Å². The lowest BCUT2D eigenvalue weighted by atomic mass is 9.32. The molecule has 12 rings (SSSR count). The van der Waals surface area contributed by atoms with Crippen LogP contribution in [0.2, 0.25) is 0 Å². The van der Waals surface area contributed by atoms with Crippen molar-refractivity contribution >= 4 is 57.2 Å². The zero-order chi connectivity index (χ0) is 54.4. The van der Waals surface area contributed by atoms with Crippen LogP contribution in [0.4, 0.5) is 34.1 Å². The molecule has 2 heterocycles. The van der Waals surface area contributed by atoms with E-state index in [-0.39, 0.29) is 45.1 Å². The number of nitrogens with zero attached hydrogens (tertiary/aromatic N) is 2. The fourth-order valence-electron chi connectivity index (χ4n) is 14.0. The lowest BCUT2D eigenvalue weighted by Gasteiger charge is -2.48. The monoisotopic (exact) mass is 1010 g/mol. The van der Waals surface area contributed by atoms with Gasteiger partial charge in [-0.3, -0.25) is 0 Å². The summed E-state index contributed by atoms with van der Waals surface area (Å²) in [7, 11) is 0. The fraction of sp³-hybridized carbons (Fsp3) is 0.351. The Bertz CT molecular complexity index is 3640. The van der Waals surface area contributed by atoms with Gasteiger partial charge in [-0.2, -0.15) is 0 Å². The van der Waals surface area contributed by atoms with Gasteiger partial charge in [0, 0.05) is 39.4 Å². The van der Waals surface area contributed by atoms with Crippen molar-refractivity contribution in [2.24, 2.45) is 0 Å². The van der Waals surface area contributed by atoms with Crippen LogP contribution in [-0.4, -0.2) is 6.71 Å². The Morgan fingerprint density at radius 1 is 0.403 bits per heavy atom. The Balaban J connectivity index is 1.21. The average Bonchev–Trinajstić information content (AvgIpc) is 3.56. The highest BCUT2D eigenvalue weighted by Crippen LogP contribution is 2.54. The molecule has 0 saturated heterocycles. The molecule has 0 unspecified atom stereocenters. The summed E-state index contributed by atoms with van der Waals surface area (Å²) < 4.78 is 0. The first-order valence-corrected chi connectivity index (χ1v) is 29.0. The zero-order valence-electron chi connectivity index (χ0n) is 49.0. The van der Waals surface area contributed by atoms with Crippen LogP contribution in [-0.2, 0) is 32.5 Å². The Morgan fingerprint density at radius 3 is 1.57 bits per heavy atom. The summed E-state index contributed by atoms with van der Waals surface area (Å²) in [5.41, 5.74) is 27.9. The van der Waals surface area contributed by atoms with Gasteiger partial charge in [0.25, 0.3) is 6.71 Å². The van der Waals surface area contributed by atoms with E-state index in [1.54, 1.807) is 0 Å². The maximum Gasteiger partial charge on any atom is 0.252 e. The third-order valence-corrected chi connectivity index (χ3v) is 19.4. The van der Waals surface area contributed by atoms with Crippen LogP contribution in [0.25, 0.3) is 22.3 Å². The minimum Gasteiger partial charge on any atom is -0.311 e. The highest BCUT2D eigenvalue weighted by molar-refractivity contribution is 7.00. The number of benzene rings is 8. The first-order valence-electron chi connectivity index (χ1n) is 29.0. The van der Waals surface area contributed by atoms with Crippen LogP contribution in [0, 0.1) is 0 Å². The summed E-state index contributed by atoms with van der Waals surface area (Å²) in [5.74, 6) is 0.285. The number of fused-ring (bicyclic) bond motifs is 6. The molecule has 0 atom stereocenters. The standard InChI is InChI=1S/C74H81BN2/c1-47(2)51-40-66-68-67(41-51)77(63-33-29-53(69(3,4)5)42-56(63)50-26-22-25-49(39-50)48-23-18-16-19-24-48)64-34-30-54(74(14,15)52-27-20-17-21-28-52)43-61(64)75(68)62-45-59-60(73(12,13)38-37-72(59,10)11)46-65(62)76(66)55-31-32-57-58(44-55)71(8,9)36-35-70(57,6)7/h16-34,39-47H,35-38H2,1-15H3. The van der Waals surface area contributed by atoms with E-state index in [9.17, 15) is 0 Å². The highest BCUT2D eigenvalue weighted by atomic mass is 15.2. The fourth-order valence-corrected chi connectivity index (χ4v) is 14.0. The van der Waals surface area contributed by atoms with Gasteiger partial charge in [-0.15, -0.1) is 0 Å². The van der Waals surface area contributed by atoms with Gasteiger partial charge in [-0.05, 0) is 191 Å². The van der Waals surface area contributed by atoms with E-state index in [1.807, 2.05) is 0 Å². The molecule has 2 aliphatic carbocycles. The van der Waals surface area contributed by atoms with Crippen LogP contribution in [0.3, 0.4) is 0 Å². The average molecular weight is 1010 g/mol. The second kappa shape index (κ2) is 17.7. The van der Waals surface area contributed by atoms with E-state index >= 15 is 0 Å². The van der Waals surface area contributed by atoms with E-state index in [2.05, 4.69) is 277 Å². The lowest BCUT2D eigenvalue weighted by molar-refractivity contribution is 0.332. The molecule has 8 aromatic carbocycles. The second-order valence-corrected chi connectivity index (χ2v) is 28.1. The van der Waals surface area contributed by atoms with Crippen molar-refractivity contribution in [1.82, 2.24) is 0 Å². The first kappa shape index (κ1) is 51.2. The summed E-state index contributed by atoms with van der Waals surface area (Å²) in [6.45, 7) is 36.5. The molecule has 0 bridgehead atoms. The van der Waals surface area contributed by atoms with Crippen LogP contribution in [0.1, 0.15) is 180 Å². The molecule has 3 heteroatoms. The molecule has 0 spiro atoms. The smallest absolute Gasteiger partial charge is 0.252 e. The predicted octanol–water partition coefficient (Wildman–Crippen LogP) is 18.5. The maximum absolute atomic E-state index is 2.74. The summed E-state index contributed by atoms with van der Waals surface area (Å²) in [6, 6.07) is 64.4. The number of rotatable bonds is 7. The quantitative estimate of drug-likeness (QED) is 0.147. The lowest BCUT2D eigenvalue weighted by Crippen LogP contribution is -2.62. The van der Waals surface area contributed by atoms with Crippen molar-refractivity contribution in [3.8, 4) is 22.3 Å². The van der Waals surface area contributed by atoms with Crippen molar-refractivity contribution in [3.05, 3.63) is 208 Å². The molecule has 2 nitrogen and oxygen atoms in total. The molecule has 0 aromatic heterocycles. The van der Waals surface area contributed by atoms with Crippen LogP contribution < -0.4 is 26.2 Å². The summed E-state index contributed by atoms with van der Waals surface area (Å²) in [4.78, 5) is 5.43. The molecule has 0 amide bonds. The first-order chi connectivity index (χ1) is 36.4. The SMILES string of the molecule is CC(C)c1cc2c3c(c1)N(c1ccc(C(C)(C)C)cc1-c1cccc(-c4ccccc4)c1)c1ccc(C(C)(C)c4ccccc4)cc1B3c1cc3c(cc1N2c1ccc2c(c1)C(C)(C)CCC2(C)C)C(C)(C)CCC3(C)C. The molecule has 0 saturated carbocycles. The Kier molecular flexibility index (Phi) is 11.8. The van der Waals surface area contributed by atoms with Gasteiger partial charge >= 0.3 is 0 Å². The minimum atomic E-state index is -0.252. The molecule has 8 aromatic rings. The maximum atomic E-state index is 2.74. The molecule has 390 valence electrons. The molecular formula is C74H81BN2. The Hall–Kier alpha value is -6.58. The summed E-state index contributed by atoms with van der Waals surface area (Å²) in [6.07, 6.45) is 4.68. The molecule has 0 N–H and O–H groups in total. The number of hydrogen-bond acceptors (Lipinski definition) is 2. The minimum absolute atomic E-state index is 0.0232. The van der Waals surface area contributed by atoms with Gasteiger partial charge in [0.1, 0.15) is 0 Å². The molecule has 77 heavy (non-hydrogen) atoms. The van der Waals surface area contributed by atoms with Crippen molar-refractivity contribution < 1.29 is 0 Å². The van der Waals surface area contributed by atoms with Gasteiger partial charge < -0.3 is 9.80 Å². The summed E-state index contributed by atoms with van der Waals surface area (Å²) in [5, 5.41) is 0. The van der Waals surface area contributed by atoms with Gasteiger partial charge in [0.2, 0.25) is 0 Å². The predicted molar refractivity (Wildman–Crippen MR) is 333 cm³/mol. The van der Waals surface area contributed by atoms with Crippen LogP contribution >= 0.6 is 0 Å². The Morgan fingerprint density at radius 2 is 0.935 bits per heavy atom. The molecule has 0 radical (unpaired) electrons. The van der Waals surface area contributed by atoms with Gasteiger partial charge in [0.05, 0.1) is 5.69 Å². The highest BCUT2D eigenvalue weighted by Gasteiger charge is 2.48. The van der Waals surface area contributed by atoms with E-state index < -0.39 is 0 Å². The molecular weight excluding hydrogens is 928 g/mol. The molecule has 0 fully saturated rings.